The van der Waals surface area contributed by atoms with Crippen molar-refractivity contribution in [3.63, 3.8) is 0 Å². The number of nitrogens with zero attached hydrogens (tertiary/aromatic N) is 3. The highest BCUT2D eigenvalue weighted by molar-refractivity contribution is 7.11. The molecule has 1 atom stereocenters. The molecule has 1 aromatic heterocycles. The molecule has 1 unspecified atom stereocenters. The Hall–Kier alpha value is -1.35. The lowest BCUT2D eigenvalue weighted by Crippen LogP contribution is -2.40. The second-order valence-corrected chi connectivity index (χ2v) is 7.00. The number of guanidine groups is 1. The van der Waals surface area contributed by atoms with Crippen LogP contribution in [0.2, 0.25) is 0 Å². The number of hydrogen-bond donors (Lipinski definition) is 2. The van der Waals surface area contributed by atoms with Crippen LogP contribution in [0.3, 0.4) is 0 Å². The van der Waals surface area contributed by atoms with Gasteiger partial charge >= 0.3 is 6.18 Å². The molecule has 0 aliphatic carbocycles. The molecule has 9 heteroatoms. The van der Waals surface area contributed by atoms with Gasteiger partial charge in [-0.2, -0.15) is 13.2 Å². The molecule has 0 aromatic carbocycles. The second kappa shape index (κ2) is 7.96. The molecule has 130 valence electrons. The van der Waals surface area contributed by atoms with Crippen LogP contribution in [0.15, 0.2) is 11.2 Å². The van der Waals surface area contributed by atoms with Gasteiger partial charge in [0.25, 0.3) is 0 Å². The van der Waals surface area contributed by atoms with Crippen molar-refractivity contribution in [1.82, 2.24) is 20.5 Å². The number of halogens is 3. The predicted molar refractivity (Wildman–Crippen MR) is 85.7 cm³/mol. The van der Waals surface area contributed by atoms with Gasteiger partial charge in [-0.25, -0.2) is 4.98 Å². The summed E-state index contributed by atoms with van der Waals surface area (Å²) in [4.78, 5) is 11.0. The van der Waals surface area contributed by atoms with Crippen LogP contribution in [0.4, 0.5) is 13.2 Å². The summed E-state index contributed by atoms with van der Waals surface area (Å²) in [6, 6.07) is 0. The predicted octanol–water partition coefficient (Wildman–Crippen LogP) is 2.00. The molecule has 0 amide bonds. The van der Waals surface area contributed by atoms with Gasteiger partial charge in [-0.3, -0.25) is 9.89 Å². The lowest BCUT2D eigenvalue weighted by atomic mass is 10.1. The molecule has 0 saturated carbocycles. The first-order valence-corrected chi connectivity index (χ1v) is 8.32. The number of likely N-dealkylation sites (tertiary alicyclic amines) is 1. The molecule has 1 aliphatic rings. The Labute approximate surface area is 138 Å². The molecule has 1 aromatic rings. The maximum atomic E-state index is 12.4. The summed E-state index contributed by atoms with van der Waals surface area (Å²) in [5.41, 5.74) is 0. The molecule has 23 heavy (non-hydrogen) atoms. The first-order valence-electron chi connectivity index (χ1n) is 7.50. The fraction of sp³-hybridized carbons (Fsp3) is 0.714. The molecule has 2 rings (SSSR count). The van der Waals surface area contributed by atoms with E-state index in [0.717, 1.165) is 16.3 Å². The average Bonchev–Trinajstić information content (AvgIpc) is 3.06. The third kappa shape index (κ3) is 6.34. The minimum Gasteiger partial charge on any atom is -0.356 e. The summed E-state index contributed by atoms with van der Waals surface area (Å²) < 4.78 is 37.1. The summed E-state index contributed by atoms with van der Waals surface area (Å²) >= 11 is 1.62. The van der Waals surface area contributed by atoms with Gasteiger partial charge < -0.3 is 10.6 Å². The van der Waals surface area contributed by atoms with Gasteiger partial charge in [0.2, 0.25) is 0 Å². The lowest BCUT2D eigenvalue weighted by molar-refractivity contribution is -0.143. The van der Waals surface area contributed by atoms with E-state index < -0.39 is 12.7 Å². The van der Waals surface area contributed by atoms with Crippen molar-refractivity contribution < 1.29 is 13.2 Å². The van der Waals surface area contributed by atoms with Crippen LogP contribution in [0.25, 0.3) is 0 Å². The van der Waals surface area contributed by atoms with E-state index in [4.69, 9.17) is 0 Å². The smallest absolute Gasteiger partial charge is 0.356 e. The monoisotopic (exact) mass is 349 g/mol. The summed E-state index contributed by atoms with van der Waals surface area (Å²) in [6.45, 7) is 3.35. The minimum atomic E-state index is -4.12. The van der Waals surface area contributed by atoms with Crippen LogP contribution >= 0.6 is 11.3 Å². The van der Waals surface area contributed by atoms with E-state index in [0.29, 0.717) is 32.1 Å². The molecular weight excluding hydrogens is 327 g/mol. The van der Waals surface area contributed by atoms with Crippen molar-refractivity contribution in [1.29, 1.82) is 0 Å². The Morgan fingerprint density at radius 2 is 2.26 bits per heavy atom. The Morgan fingerprint density at radius 3 is 2.87 bits per heavy atom. The number of aliphatic imine (C=N–C) groups is 1. The number of aromatic nitrogens is 1. The van der Waals surface area contributed by atoms with Gasteiger partial charge in [0.1, 0.15) is 5.01 Å². The number of hydrogen-bond acceptors (Lipinski definition) is 4. The maximum Gasteiger partial charge on any atom is 0.401 e. The number of nitrogens with one attached hydrogen (secondary N) is 2. The van der Waals surface area contributed by atoms with Gasteiger partial charge in [-0.1, -0.05) is 0 Å². The first-order chi connectivity index (χ1) is 10.9. The zero-order chi connectivity index (χ0) is 16.9. The van der Waals surface area contributed by atoms with Crippen molar-refractivity contribution in [2.24, 2.45) is 10.9 Å². The van der Waals surface area contributed by atoms with Gasteiger partial charge in [0, 0.05) is 31.2 Å². The maximum absolute atomic E-state index is 12.4. The van der Waals surface area contributed by atoms with Gasteiger partial charge in [0.15, 0.2) is 5.96 Å². The Morgan fingerprint density at radius 1 is 1.48 bits per heavy atom. The largest absolute Gasteiger partial charge is 0.401 e. The van der Waals surface area contributed by atoms with Crippen molar-refractivity contribution in [2.45, 2.75) is 26.1 Å². The number of thiazole rings is 1. The quantitative estimate of drug-likeness (QED) is 0.631. The zero-order valence-corrected chi connectivity index (χ0v) is 14.1. The molecule has 5 nitrogen and oxygen atoms in total. The number of aryl methyl sites for hydroxylation is 1. The van der Waals surface area contributed by atoms with Crippen molar-refractivity contribution in [3.8, 4) is 0 Å². The fourth-order valence-corrected chi connectivity index (χ4v) is 3.31. The van der Waals surface area contributed by atoms with Crippen LogP contribution < -0.4 is 10.6 Å². The Bertz CT molecular complexity index is 529. The van der Waals surface area contributed by atoms with Gasteiger partial charge in [-0.05, 0) is 25.8 Å². The first kappa shape index (κ1) is 18.0. The molecule has 0 spiro atoms. The van der Waals surface area contributed by atoms with E-state index in [9.17, 15) is 13.2 Å². The third-order valence-electron chi connectivity index (χ3n) is 3.63. The van der Waals surface area contributed by atoms with Crippen molar-refractivity contribution in [3.05, 3.63) is 16.1 Å². The van der Waals surface area contributed by atoms with Crippen LogP contribution in [0.1, 0.15) is 16.3 Å². The topological polar surface area (TPSA) is 52.6 Å². The molecule has 2 N–H and O–H groups in total. The summed E-state index contributed by atoms with van der Waals surface area (Å²) in [5, 5.41) is 7.32. The molecule has 1 aliphatic heterocycles. The SMILES string of the molecule is CN=C(NCc1ncc(C)s1)NCC1CCN(CC(F)(F)F)C1. The van der Waals surface area contributed by atoms with E-state index in [1.165, 1.54) is 4.90 Å². The molecule has 0 bridgehead atoms. The van der Waals surface area contributed by atoms with Gasteiger partial charge in [0.05, 0.1) is 13.1 Å². The molecule has 1 saturated heterocycles. The van der Waals surface area contributed by atoms with Crippen LogP contribution in [-0.4, -0.2) is 55.2 Å². The summed E-state index contributed by atoms with van der Waals surface area (Å²) in [6.07, 6.45) is -1.52. The van der Waals surface area contributed by atoms with Crippen molar-refractivity contribution >= 4 is 17.3 Å². The highest BCUT2D eigenvalue weighted by Crippen LogP contribution is 2.22. The highest BCUT2D eigenvalue weighted by atomic mass is 32.1. The molecular formula is C14H22F3N5S. The average molecular weight is 349 g/mol. The molecule has 1 fully saturated rings. The lowest BCUT2D eigenvalue weighted by Gasteiger charge is -2.18. The Balaban J connectivity index is 1.70. The zero-order valence-electron chi connectivity index (χ0n) is 13.3. The number of rotatable bonds is 5. The van der Waals surface area contributed by atoms with Gasteiger partial charge in [-0.15, -0.1) is 11.3 Å². The van der Waals surface area contributed by atoms with E-state index in [-0.39, 0.29) is 5.92 Å². The van der Waals surface area contributed by atoms with Crippen molar-refractivity contribution in [2.75, 3.05) is 33.2 Å². The second-order valence-electron chi connectivity index (χ2n) is 5.68. The fourth-order valence-electron chi connectivity index (χ4n) is 2.58. The Kier molecular flexibility index (Phi) is 6.23. The number of alkyl halides is 3. The normalized spacial score (nSPS) is 20.0. The standard InChI is InChI=1S/C14H22F3N5S/c1-10-5-19-12(23-10)7-21-13(18-2)20-6-11-3-4-22(8-11)9-14(15,16)17/h5,11H,3-4,6-9H2,1-2H3,(H2,18,20,21). The van der Waals surface area contributed by atoms with Crippen LogP contribution in [-0.2, 0) is 6.54 Å². The summed E-state index contributed by atoms with van der Waals surface area (Å²) in [7, 11) is 1.67. The van der Waals surface area contributed by atoms with Crippen LogP contribution in [0.5, 0.6) is 0 Å². The minimum absolute atomic E-state index is 0.206. The van der Waals surface area contributed by atoms with E-state index >= 15 is 0 Å². The summed E-state index contributed by atoms with van der Waals surface area (Å²) in [5.74, 6) is 0.852. The highest BCUT2D eigenvalue weighted by Gasteiger charge is 2.34. The third-order valence-corrected chi connectivity index (χ3v) is 4.54. The molecule has 2 heterocycles. The molecule has 0 radical (unpaired) electrons. The van der Waals surface area contributed by atoms with E-state index in [1.807, 2.05) is 13.1 Å². The van der Waals surface area contributed by atoms with Crippen LogP contribution in [0, 0.1) is 12.8 Å². The van der Waals surface area contributed by atoms with E-state index in [2.05, 4.69) is 20.6 Å². The van der Waals surface area contributed by atoms with E-state index in [1.54, 1.807) is 18.4 Å².